The van der Waals surface area contributed by atoms with E-state index in [-0.39, 0.29) is 0 Å². The highest BCUT2D eigenvalue weighted by molar-refractivity contribution is 7.10. The molecule has 2 aromatic rings. The van der Waals surface area contributed by atoms with Crippen LogP contribution in [0.15, 0.2) is 42.0 Å². The molecule has 84 valence electrons. The Labute approximate surface area is 98.8 Å². The van der Waals surface area contributed by atoms with Gasteiger partial charge in [-0.3, -0.25) is 4.98 Å². The minimum atomic E-state index is -0.420. The standard InChI is InChI=1S/C12H14N2OS/c15-11(12-4-2-6-16-12)9-14-8-10-3-1-5-13-7-10/h1-7,11,14-15H,8-9H2. The van der Waals surface area contributed by atoms with Crippen molar-refractivity contribution in [1.82, 2.24) is 10.3 Å². The van der Waals surface area contributed by atoms with Crippen molar-refractivity contribution in [1.29, 1.82) is 0 Å². The molecule has 4 heteroatoms. The Morgan fingerprint density at radius 2 is 2.31 bits per heavy atom. The molecule has 16 heavy (non-hydrogen) atoms. The fourth-order valence-corrected chi connectivity index (χ4v) is 2.15. The van der Waals surface area contributed by atoms with Gasteiger partial charge >= 0.3 is 0 Å². The first-order valence-electron chi connectivity index (χ1n) is 5.17. The van der Waals surface area contributed by atoms with E-state index in [2.05, 4.69) is 10.3 Å². The van der Waals surface area contributed by atoms with Crippen LogP contribution in [0.25, 0.3) is 0 Å². The van der Waals surface area contributed by atoms with E-state index >= 15 is 0 Å². The molecule has 0 fully saturated rings. The van der Waals surface area contributed by atoms with Crippen molar-refractivity contribution in [3.63, 3.8) is 0 Å². The maximum Gasteiger partial charge on any atom is 0.101 e. The molecule has 3 nitrogen and oxygen atoms in total. The predicted molar refractivity (Wildman–Crippen MR) is 65.2 cm³/mol. The molecule has 2 N–H and O–H groups in total. The summed E-state index contributed by atoms with van der Waals surface area (Å²) in [7, 11) is 0. The van der Waals surface area contributed by atoms with E-state index in [0.29, 0.717) is 6.54 Å². The summed E-state index contributed by atoms with van der Waals surface area (Å²) < 4.78 is 0. The molecule has 2 rings (SSSR count). The number of aliphatic hydroxyl groups excluding tert-OH is 1. The van der Waals surface area contributed by atoms with E-state index < -0.39 is 6.10 Å². The molecule has 0 saturated heterocycles. The van der Waals surface area contributed by atoms with Crippen LogP contribution in [0.4, 0.5) is 0 Å². The predicted octanol–water partition coefficient (Wildman–Crippen LogP) is 1.97. The fraction of sp³-hybridized carbons (Fsp3) is 0.250. The molecule has 0 saturated carbocycles. The minimum Gasteiger partial charge on any atom is -0.386 e. The molecule has 0 radical (unpaired) electrons. The smallest absolute Gasteiger partial charge is 0.101 e. The van der Waals surface area contributed by atoms with Crippen molar-refractivity contribution < 1.29 is 5.11 Å². The van der Waals surface area contributed by atoms with Gasteiger partial charge in [0.15, 0.2) is 0 Å². The maximum absolute atomic E-state index is 9.82. The lowest BCUT2D eigenvalue weighted by molar-refractivity contribution is 0.178. The number of nitrogens with one attached hydrogen (secondary N) is 1. The molecule has 0 aliphatic carbocycles. The Kier molecular flexibility index (Phi) is 4.04. The number of hydrogen-bond acceptors (Lipinski definition) is 4. The van der Waals surface area contributed by atoms with Gasteiger partial charge in [-0.2, -0.15) is 0 Å². The van der Waals surface area contributed by atoms with Crippen LogP contribution in [-0.2, 0) is 6.54 Å². The second kappa shape index (κ2) is 5.75. The lowest BCUT2D eigenvalue weighted by Gasteiger charge is -2.09. The van der Waals surface area contributed by atoms with Crippen LogP contribution in [0, 0.1) is 0 Å². The second-order valence-electron chi connectivity index (χ2n) is 3.52. The highest BCUT2D eigenvalue weighted by atomic mass is 32.1. The summed E-state index contributed by atoms with van der Waals surface area (Å²) in [4.78, 5) is 5.03. The number of pyridine rings is 1. The van der Waals surface area contributed by atoms with Crippen LogP contribution in [0.3, 0.4) is 0 Å². The molecule has 2 aromatic heterocycles. The van der Waals surface area contributed by atoms with E-state index in [1.807, 2.05) is 35.8 Å². The number of nitrogens with zero attached hydrogens (tertiary/aromatic N) is 1. The molecule has 0 bridgehead atoms. The zero-order valence-corrected chi connectivity index (χ0v) is 9.65. The largest absolute Gasteiger partial charge is 0.386 e. The van der Waals surface area contributed by atoms with Gasteiger partial charge in [0, 0.05) is 30.4 Å². The van der Waals surface area contributed by atoms with Crippen LogP contribution >= 0.6 is 11.3 Å². The van der Waals surface area contributed by atoms with Gasteiger partial charge < -0.3 is 10.4 Å². The van der Waals surface area contributed by atoms with Gasteiger partial charge in [-0.1, -0.05) is 12.1 Å². The summed E-state index contributed by atoms with van der Waals surface area (Å²) >= 11 is 1.57. The van der Waals surface area contributed by atoms with E-state index in [1.165, 1.54) is 0 Å². The molecule has 1 atom stereocenters. The number of thiophene rings is 1. The molecule has 0 amide bonds. The Hall–Kier alpha value is -1.23. The first kappa shape index (κ1) is 11.3. The Morgan fingerprint density at radius 1 is 1.38 bits per heavy atom. The third kappa shape index (κ3) is 3.13. The van der Waals surface area contributed by atoms with Crippen LogP contribution in [0.5, 0.6) is 0 Å². The van der Waals surface area contributed by atoms with E-state index in [4.69, 9.17) is 0 Å². The van der Waals surface area contributed by atoms with Crippen molar-refractivity contribution >= 4 is 11.3 Å². The maximum atomic E-state index is 9.82. The molecule has 0 aliphatic heterocycles. The number of aromatic nitrogens is 1. The van der Waals surface area contributed by atoms with Gasteiger partial charge in [0.2, 0.25) is 0 Å². The van der Waals surface area contributed by atoms with Crippen LogP contribution in [0.1, 0.15) is 16.5 Å². The van der Waals surface area contributed by atoms with E-state index in [9.17, 15) is 5.11 Å². The van der Waals surface area contributed by atoms with Gasteiger partial charge in [0.1, 0.15) is 6.10 Å². The molecule has 2 heterocycles. The molecule has 0 aromatic carbocycles. The van der Waals surface area contributed by atoms with Gasteiger partial charge in [-0.15, -0.1) is 11.3 Å². The molecule has 1 unspecified atom stereocenters. The second-order valence-corrected chi connectivity index (χ2v) is 4.50. The SMILES string of the molecule is OC(CNCc1cccnc1)c1cccs1. The number of rotatable bonds is 5. The summed E-state index contributed by atoms with van der Waals surface area (Å²) in [5, 5.41) is 15.0. The summed E-state index contributed by atoms with van der Waals surface area (Å²) in [5.74, 6) is 0. The van der Waals surface area contributed by atoms with Crippen LogP contribution in [-0.4, -0.2) is 16.6 Å². The van der Waals surface area contributed by atoms with Gasteiger partial charge in [-0.25, -0.2) is 0 Å². The van der Waals surface area contributed by atoms with E-state index in [0.717, 1.165) is 17.0 Å². The van der Waals surface area contributed by atoms with Crippen LogP contribution < -0.4 is 5.32 Å². The highest BCUT2D eigenvalue weighted by Crippen LogP contribution is 2.17. The Bertz CT molecular complexity index is 402. The van der Waals surface area contributed by atoms with Crippen molar-refractivity contribution in [2.75, 3.05) is 6.54 Å². The van der Waals surface area contributed by atoms with Crippen molar-refractivity contribution in [2.24, 2.45) is 0 Å². The summed E-state index contributed by atoms with van der Waals surface area (Å²) in [6.07, 6.45) is 3.16. The molecule has 0 aliphatic rings. The topological polar surface area (TPSA) is 45.1 Å². The zero-order chi connectivity index (χ0) is 11.2. The molecule has 0 spiro atoms. The normalized spacial score (nSPS) is 12.6. The Balaban J connectivity index is 1.76. The third-order valence-electron chi connectivity index (χ3n) is 2.26. The minimum absolute atomic E-state index is 0.420. The average Bonchev–Trinajstić information content (AvgIpc) is 2.84. The Morgan fingerprint density at radius 3 is 3.00 bits per heavy atom. The zero-order valence-electron chi connectivity index (χ0n) is 8.84. The number of aliphatic hydroxyl groups is 1. The molecular formula is C12H14N2OS. The van der Waals surface area contributed by atoms with Crippen molar-refractivity contribution in [3.8, 4) is 0 Å². The number of hydrogen-bond donors (Lipinski definition) is 2. The lowest BCUT2D eigenvalue weighted by Crippen LogP contribution is -2.20. The lowest BCUT2D eigenvalue weighted by atomic mass is 10.2. The van der Waals surface area contributed by atoms with Crippen molar-refractivity contribution in [3.05, 3.63) is 52.5 Å². The summed E-state index contributed by atoms with van der Waals surface area (Å²) in [6, 6.07) is 7.82. The molecular weight excluding hydrogens is 220 g/mol. The van der Waals surface area contributed by atoms with Gasteiger partial charge in [0.05, 0.1) is 0 Å². The van der Waals surface area contributed by atoms with Gasteiger partial charge in [-0.05, 0) is 23.1 Å². The summed E-state index contributed by atoms with van der Waals surface area (Å²) in [5.41, 5.74) is 1.13. The average molecular weight is 234 g/mol. The fourth-order valence-electron chi connectivity index (χ4n) is 1.44. The third-order valence-corrected chi connectivity index (χ3v) is 3.23. The first-order valence-corrected chi connectivity index (χ1v) is 6.05. The highest BCUT2D eigenvalue weighted by Gasteiger charge is 2.07. The van der Waals surface area contributed by atoms with Gasteiger partial charge in [0.25, 0.3) is 0 Å². The summed E-state index contributed by atoms with van der Waals surface area (Å²) in [6.45, 7) is 1.30. The first-order chi connectivity index (χ1) is 7.86. The monoisotopic (exact) mass is 234 g/mol. The van der Waals surface area contributed by atoms with Crippen molar-refractivity contribution in [2.45, 2.75) is 12.6 Å². The van der Waals surface area contributed by atoms with E-state index in [1.54, 1.807) is 17.5 Å². The van der Waals surface area contributed by atoms with Crippen LogP contribution in [0.2, 0.25) is 0 Å². The quantitative estimate of drug-likeness (QED) is 0.831.